The van der Waals surface area contributed by atoms with Crippen molar-refractivity contribution in [2.24, 2.45) is 0 Å². The van der Waals surface area contributed by atoms with Crippen LogP contribution >= 0.6 is 0 Å². The predicted molar refractivity (Wildman–Crippen MR) is 159 cm³/mol. The monoisotopic (exact) mass is 543 g/mol. The van der Waals surface area contributed by atoms with E-state index in [0.717, 1.165) is 29.0 Å². The zero-order chi connectivity index (χ0) is 28.2. The molecule has 2 aromatic heterocycles. The molecule has 0 radical (unpaired) electrons. The summed E-state index contributed by atoms with van der Waals surface area (Å²) < 4.78 is 0. The van der Waals surface area contributed by atoms with Crippen LogP contribution in [-0.2, 0) is 19.7 Å². The zero-order valence-corrected chi connectivity index (χ0v) is 22.4. The number of hydrogen-bond donors (Lipinski definition) is 2. The van der Waals surface area contributed by atoms with Crippen molar-refractivity contribution >= 4 is 34.0 Å². The Hall–Kier alpha value is -4.92. The number of aliphatic hydroxyl groups excluding tert-OH is 1. The molecule has 3 heterocycles. The van der Waals surface area contributed by atoms with Gasteiger partial charge in [-0.3, -0.25) is 24.5 Å². The van der Waals surface area contributed by atoms with Crippen LogP contribution in [0.25, 0.3) is 10.8 Å². The maximum absolute atomic E-state index is 13.6. The topological polar surface area (TPSA) is 98.7 Å². The highest BCUT2D eigenvalue weighted by atomic mass is 16.3. The molecule has 8 nitrogen and oxygen atoms in total. The van der Waals surface area contributed by atoms with Gasteiger partial charge in [-0.1, -0.05) is 36.4 Å². The average molecular weight is 544 g/mol. The summed E-state index contributed by atoms with van der Waals surface area (Å²) in [6, 6.07) is 27.9. The second-order valence-electron chi connectivity index (χ2n) is 9.94. The summed E-state index contributed by atoms with van der Waals surface area (Å²) in [7, 11) is 0. The molecule has 0 unspecified atom stereocenters. The van der Waals surface area contributed by atoms with Crippen molar-refractivity contribution in [2.75, 3.05) is 23.3 Å². The fraction of sp³-hybridized carbons (Fsp3) is 0.152. The summed E-state index contributed by atoms with van der Waals surface area (Å²) >= 11 is 0. The lowest BCUT2D eigenvalue weighted by Gasteiger charge is -2.28. The van der Waals surface area contributed by atoms with Crippen LogP contribution in [0.1, 0.15) is 37.7 Å². The highest BCUT2D eigenvalue weighted by Gasteiger charge is 2.34. The second-order valence-corrected chi connectivity index (χ2v) is 9.94. The van der Waals surface area contributed by atoms with Gasteiger partial charge in [0.2, 0.25) is 0 Å². The molecule has 6 rings (SSSR count). The minimum Gasteiger partial charge on any atom is -0.392 e. The second kappa shape index (κ2) is 11.7. The van der Waals surface area contributed by atoms with E-state index < -0.39 is 0 Å². The summed E-state index contributed by atoms with van der Waals surface area (Å²) in [4.78, 5) is 39.6. The van der Waals surface area contributed by atoms with Gasteiger partial charge in [0.1, 0.15) is 0 Å². The van der Waals surface area contributed by atoms with Crippen molar-refractivity contribution in [3.05, 3.63) is 131 Å². The first-order valence-corrected chi connectivity index (χ1v) is 13.5. The molecule has 8 heteroatoms. The summed E-state index contributed by atoms with van der Waals surface area (Å²) in [5.74, 6) is -0.755. The third-order valence-electron chi connectivity index (χ3n) is 7.23. The van der Waals surface area contributed by atoms with Crippen LogP contribution in [-0.4, -0.2) is 44.9 Å². The maximum atomic E-state index is 13.6. The van der Waals surface area contributed by atoms with Crippen molar-refractivity contribution in [3.8, 4) is 0 Å². The first-order valence-electron chi connectivity index (χ1n) is 13.5. The van der Waals surface area contributed by atoms with Crippen molar-refractivity contribution in [2.45, 2.75) is 19.7 Å². The van der Waals surface area contributed by atoms with Gasteiger partial charge in [-0.2, -0.15) is 0 Å². The zero-order valence-electron chi connectivity index (χ0n) is 22.4. The van der Waals surface area contributed by atoms with Gasteiger partial charge in [0.25, 0.3) is 11.8 Å². The largest absolute Gasteiger partial charge is 0.392 e. The van der Waals surface area contributed by atoms with E-state index >= 15 is 0 Å². The maximum Gasteiger partial charge on any atom is 0.265 e. The molecule has 41 heavy (non-hydrogen) atoms. The predicted octanol–water partition coefficient (Wildman–Crippen LogP) is 5.04. The van der Waals surface area contributed by atoms with E-state index in [9.17, 15) is 14.7 Å². The van der Waals surface area contributed by atoms with Crippen LogP contribution < -0.4 is 10.2 Å². The number of imide groups is 1. The number of pyridine rings is 2. The number of benzene rings is 3. The van der Waals surface area contributed by atoms with E-state index in [1.165, 1.54) is 4.90 Å². The number of rotatable bonds is 10. The van der Waals surface area contributed by atoms with E-state index in [1.807, 2.05) is 54.6 Å². The molecule has 0 saturated heterocycles. The van der Waals surface area contributed by atoms with Gasteiger partial charge in [0.05, 0.1) is 23.7 Å². The molecule has 1 aliphatic heterocycles. The molecular formula is C33H29N5O3. The Labute approximate surface area is 237 Å². The lowest BCUT2D eigenvalue weighted by molar-refractivity contribution is 0.0893. The highest BCUT2D eigenvalue weighted by Crippen LogP contribution is 2.36. The lowest BCUT2D eigenvalue weighted by Crippen LogP contribution is -2.40. The summed E-state index contributed by atoms with van der Waals surface area (Å²) in [5.41, 5.74) is 4.85. The third kappa shape index (κ3) is 5.43. The Balaban J connectivity index is 1.24. The normalized spacial score (nSPS) is 12.8. The molecule has 0 saturated carbocycles. The molecule has 2 amide bonds. The van der Waals surface area contributed by atoms with Crippen LogP contribution in [0.3, 0.4) is 0 Å². The number of anilines is 2. The fourth-order valence-electron chi connectivity index (χ4n) is 5.28. The minimum atomic E-state index is -0.378. The third-order valence-corrected chi connectivity index (χ3v) is 7.23. The highest BCUT2D eigenvalue weighted by molar-refractivity contribution is 6.36. The Bertz CT molecular complexity index is 1650. The van der Waals surface area contributed by atoms with Gasteiger partial charge in [-0.25, -0.2) is 4.90 Å². The Morgan fingerprint density at radius 1 is 0.756 bits per heavy atom. The van der Waals surface area contributed by atoms with E-state index in [0.29, 0.717) is 47.4 Å². The number of nitrogens with one attached hydrogen (secondary N) is 1. The van der Waals surface area contributed by atoms with E-state index in [2.05, 4.69) is 20.2 Å². The summed E-state index contributed by atoms with van der Waals surface area (Å²) in [6.45, 7) is 2.55. The Morgan fingerprint density at radius 2 is 1.44 bits per heavy atom. The molecule has 0 bridgehead atoms. The molecule has 0 aliphatic carbocycles. The van der Waals surface area contributed by atoms with Gasteiger partial charge < -0.3 is 10.4 Å². The number of carbonyl (C=O) groups excluding carboxylic acids is 2. The lowest BCUT2D eigenvalue weighted by atomic mass is 9.92. The van der Waals surface area contributed by atoms with Gasteiger partial charge >= 0.3 is 0 Å². The smallest absolute Gasteiger partial charge is 0.265 e. The first kappa shape index (κ1) is 26.3. The molecule has 0 spiro atoms. The fourth-order valence-corrected chi connectivity index (χ4v) is 5.28. The standard InChI is InChI=1S/C33H29N5O3/c39-22-23-7-5-10-26(19-23)38-32(40)28-12-6-11-27-30(14-13-29(31(27)28)33(38)41)36-17-18-37(20-24-8-1-3-15-34-24)21-25-9-2-4-16-35-25/h1-16,19,36,39H,17-18,20-22H2. The molecule has 204 valence electrons. The van der Waals surface area contributed by atoms with E-state index in [1.54, 1.807) is 48.8 Å². The average Bonchev–Trinajstić information content (AvgIpc) is 3.01. The molecule has 3 aromatic carbocycles. The number of carbonyl (C=O) groups is 2. The van der Waals surface area contributed by atoms with Crippen molar-refractivity contribution in [1.29, 1.82) is 0 Å². The van der Waals surface area contributed by atoms with Crippen LogP contribution in [0, 0.1) is 0 Å². The summed E-state index contributed by atoms with van der Waals surface area (Å²) in [5, 5.41) is 14.6. The van der Waals surface area contributed by atoms with Crippen LogP contribution in [0.2, 0.25) is 0 Å². The van der Waals surface area contributed by atoms with E-state index in [4.69, 9.17) is 0 Å². The molecular weight excluding hydrogens is 514 g/mol. The van der Waals surface area contributed by atoms with Gasteiger partial charge in [-0.15, -0.1) is 0 Å². The van der Waals surface area contributed by atoms with Gasteiger partial charge in [-0.05, 0) is 60.2 Å². The van der Waals surface area contributed by atoms with Crippen molar-refractivity contribution < 1.29 is 14.7 Å². The number of aliphatic hydroxyl groups is 1. The summed E-state index contributed by atoms with van der Waals surface area (Å²) in [6.07, 6.45) is 3.60. The molecule has 1 aliphatic rings. The van der Waals surface area contributed by atoms with Crippen LogP contribution in [0.4, 0.5) is 11.4 Å². The Morgan fingerprint density at radius 3 is 2.10 bits per heavy atom. The van der Waals surface area contributed by atoms with Crippen molar-refractivity contribution in [3.63, 3.8) is 0 Å². The molecule has 5 aromatic rings. The first-order chi connectivity index (χ1) is 20.1. The number of nitrogens with zero attached hydrogens (tertiary/aromatic N) is 4. The van der Waals surface area contributed by atoms with E-state index in [-0.39, 0.29) is 18.4 Å². The quantitative estimate of drug-likeness (QED) is 0.238. The van der Waals surface area contributed by atoms with Gasteiger partial charge in [0, 0.05) is 66.2 Å². The van der Waals surface area contributed by atoms with Gasteiger partial charge in [0.15, 0.2) is 0 Å². The van der Waals surface area contributed by atoms with Crippen molar-refractivity contribution in [1.82, 2.24) is 14.9 Å². The number of hydrogen-bond acceptors (Lipinski definition) is 7. The molecule has 0 atom stereocenters. The molecule has 0 fully saturated rings. The number of aromatic nitrogens is 2. The SMILES string of the molecule is O=C1c2cccc3c(NCCN(Cc4ccccn4)Cc4ccccn4)ccc(c23)C(=O)N1c1cccc(CO)c1. The van der Waals surface area contributed by atoms with Crippen LogP contribution in [0.5, 0.6) is 0 Å². The molecule has 2 N–H and O–H groups in total. The van der Waals surface area contributed by atoms with Crippen LogP contribution in [0.15, 0.2) is 103 Å². The Kier molecular flexibility index (Phi) is 7.49. The minimum absolute atomic E-state index is 0.174. The number of amides is 2.